The third-order valence-corrected chi connectivity index (χ3v) is 3.85. The van der Waals surface area contributed by atoms with Crippen LogP contribution in [0.1, 0.15) is 42.8 Å². The van der Waals surface area contributed by atoms with Crippen molar-refractivity contribution in [2.24, 2.45) is 0 Å². The van der Waals surface area contributed by atoms with Gasteiger partial charge in [0.05, 0.1) is 11.1 Å². The summed E-state index contributed by atoms with van der Waals surface area (Å²) in [7, 11) is 0. The number of fused-ring (bicyclic) bond motifs is 1. The van der Waals surface area contributed by atoms with Crippen molar-refractivity contribution >= 4 is 5.78 Å². The quantitative estimate of drug-likeness (QED) is 0.727. The van der Waals surface area contributed by atoms with E-state index in [9.17, 15) is 15.0 Å². The zero-order chi connectivity index (χ0) is 18.2. The van der Waals surface area contributed by atoms with Crippen molar-refractivity contribution in [3.05, 3.63) is 65.4 Å². The second kappa shape index (κ2) is 6.16. The zero-order valence-corrected chi connectivity index (χ0v) is 14.4. The Bertz CT molecular complexity index is 832. The van der Waals surface area contributed by atoms with Crippen LogP contribution in [-0.2, 0) is 0 Å². The Hall–Kier alpha value is -2.95. The van der Waals surface area contributed by atoms with Crippen molar-refractivity contribution in [2.75, 3.05) is 0 Å². The van der Waals surface area contributed by atoms with Crippen LogP contribution in [0.5, 0.6) is 17.2 Å². The van der Waals surface area contributed by atoms with Crippen molar-refractivity contribution < 1.29 is 19.7 Å². The number of hydrogen-bond acceptors (Lipinski definition) is 5. The Balaban J connectivity index is 2.08. The number of phenolic OH excluding ortho intramolecular Hbond substituents is 2. The number of aromatic hydroxyl groups is 2. The number of ketones is 1. The van der Waals surface area contributed by atoms with E-state index >= 15 is 0 Å². The Labute approximate surface area is 146 Å². The largest absolute Gasteiger partial charge is 0.508 e. The van der Waals surface area contributed by atoms with Gasteiger partial charge < -0.3 is 20.3 Å². The van der Waals surface area contributed by atoms with E-state index in [1.165, 1.54) is 12.1 Å². The Morgan fingerprint density at radius 2 is 1.68 bits per heavy atom. The second-order valence-corrected chi connectivity index (χ2v) is 7.09. The molecule has 1 aliphatic heterocycles. The van der Waals surface area contributed by atoms with E-state index in [2.05, 4.69) is 5.32 Å². The van der Waals surface area contributed by atoms with E-state index < -0.39 is 6.10 Å². The van der Waals surface area contributed by atoms with Gasteiger partial charge in [-0.2, -0.15) is 0 Å². The monoisotopic (exact) mass is 339 g/mol. The molecule has 0 amide bonds. The third kappa shape index (κ3) is 3.60. The van der Waals surface area contributed by atoms with Gasteiger partial charge in [0.15, 0.2) is 11.9 Å². The molecule has 1 atom stereocenters. The van der Waals surface area contributed by atoms with Crippen LogP contribution in [0.15, 0.2) is 54.2 Å². The van der Waals surface area contributed by atoms with Gasteiger partial charge in [-0.25, -0.2) is 0 Å². The average molecular weight is 339 g/mol. The first-order chi connectivity index (χ1) is 11.7. The molecule has 2 aromatic rings. The van der Waals surface area contributed by atoms with Gasteiger partial charge in [-0.3, -0.25) is 4.79 Å². The molecule has 0 radical (unpaired) electrons. The average Bonchev–Trinajstić information content (AvgIpc) is 2.54. The standard InChI is InChI=1S/C20H21NO4/c1-20(2,3)21-11-16-18(24)15-10-14(23)8-9-17(15)25-19(16)12-4-6-13(22)7-5-12/h4-11,19,21-23H,1-3H3/b16-11+. The number of carbonyl (C=O) groups is 1. The molecule has 0 saturated heterocycles. The van der Waals surface area contributed by atoms with E-state index in [1.807, 2.05) is 20.8 Å². The maximum absolute atomic E-state index is 13.0. The molecule has 1 unspecified atom stereocenters. The first-order valence-corrected chi connectivity index (χ1v) is 8.06. The molecule has 0 fully saturated rings. The van der Waals surface area contributed by atoms with Crippen molar-refractivity contribution in [2.45, 2.75) is 32.4 Å². The summed E-state index contributed by atoms with van der Waals surface area (Å²) in [6.45, 7) is 5.98. The summed E-state index contributed by atoms with van der Waals surface area (Å²) in [6.07, 6.45) is 1.08. The van der Waals surface area contributed by atoms with Crippen molar-refractivity contribution in [1.82, 2.24) is 5.32 Å². The fraction of sp³-hybridized carbons (Fsp3) is 0.250. The van der Waals surface area contributed by atoms with Crippen molar-refractivity contribution in [1.29, 1.82) is 0 Å². The number of rotatable bonds is 2. The van der Waals surface area contributed by atoms with E-state index in [0.717, 1.165) is 5.56 Å². The van der Waals surface area contributed by atoms with Crippen LogP contribution in [0.3, 0.4) is 0 Å². The van der Waals surface area contributed by atoms with E-state index in [0.29, 0.717) is 16.9 Å². The highest BCUT2D eigenvalue weighted by atomic mass is 16.5. The van der Waals surface area contributed by atoms with E-state index in [-0.39, 0.29) is 22.8 Å². The van der Waals surface area contributed by atoms with Crippen LogP contribution in [-0.4, -0.2) is 21.5 Å². The lowest BCUT2D eigenvalue weighted by Gasteiger charge is -2.29. The zero-order valence-electron chi connectivity index (χ0n) is 14.4. The van der Waals surface area contributed by atoms with Crippen molar-refractivity contribution in [3.8, 4) is 17.2 Å². The normalized spacial score (nSPS) is 18.6. The summed E-state index contributed by atoms with van der Waals surface area (Å²) in [5, 5.41) is 22.4. The predicted octanol–water partition coefficient (Wildman–Crippen LogP) is 3.69. The molecule has 5 nitrogen and oxygen atoms in total. The maximum atomic E-state index is 13.0. The molecule has 0 aromatic heterocycles. The molecule has 2 aromatic carbocycles. The molecule has 0 bridgehead atoms. The molecule has 0 saturated carbocycles. The molecule has 130 valence electrons. The summed E-state index contributed by atoms with van der Waals surface area (Å²) in [5.74, 6) is 0.386. The minimum Gasteiger partial charge on any atom is -0.508 e. The lowest BCUT2D eigenvalue weighted by atomic mass is 9.91. The highest BCUT2D eigenvalue weighted by Crippen LogP contribution is 2.39. The minimum atomic E-state index is -0.597. The molecule has 3 rings (SSSR count). The first kappa shape index (κ1) is 16.9. The molecule has 1 aliphatic rings. The summed E-state index contributed by atoms with van der Waals surface area (Å²) in [6, 6.07) is 11.1. The van der Waals surface area contributed by atoms with Gasteiger partial charge in [-0.1, -0.05) is 12.1 Å². The van der Waals surface area contributed by atoms with Crippen LogP contribution in [0.4, 0.5) is 0 Å². The van der Waals surface area contributed by atoms with Crippen LogP contribution in [0, 0.1) is 0 Å². The summed E-state index contributed by atoms with van der Waals surface area (Å²) in [4.78, 5) is 13.0. The van der Waals surface area contributed by atoms with Crippen LogP contribution < -0.4 is 10.1 Å². The van der Waals surface area contributed by atoms with Crippen LogP contribution in [0.25, 0.3) is 0 Å². The molecule has 0 spiro atoms. The number of nitrogens with one attached hydrogen (secondary N) is 1. The summed E-state index contributed by atoms with van der Waals surface area (Å²) < 4.78 is 6.04. The highest BCUT2D eigenvalue weighted by molar-refractivity contribution is 6.12. The number of benzene rings is 2. The summed E-state index contributed by atoms with van der Waals surface area (Å²) in [5.41, 5.74) is 1.31. The molecular weight excluding hydrogens is 318 g/mol. The van der Waals surface area contributed by atoms with Gasteiger partial charge >= 0.3 is 0 Å². The van der Waals surface area contributed by atoms with E-state index in [1.54, 1.807) is 36.5 Å². The van der Waals surface area contributed by atoms with Crippen LogP contribution >= 0.6 is 0 Å². The number of carbonyl (C=O) groups excluding carboxylic acids is 1. The number of phenols is 2. The SMILES string of the molecule is CC(C)(C)N/C=C1\C(=O)c2cc(O)ccc2OC1c1ccc(O)cc1. The molecule has 25 heavy (non-hydrogen) atoms. The van der Waals surface area contributed by atoms with Gasteiger partial charge in [0.1, 0.15) is 17.2 Å². The minimum absolute atomic E-state index is 0.0157. The predicted molar refractivity (Wildman–Crippen MR) is 94.9 cm³/mol. The Morgan fingerprint density at radius 1 is 1.04 bits per heavy atom. The van der Waals surface area contributed by atoms with Gasteiger partial charge in [0.25, 0.3) is 0 Å². The van der Waals surface area contributed by atoms with Crippen molar-refractivity contribution in [3.63, 3.8) is 0 Å². The van der Waals surface area contributed by atoms with Gasteiger partial charge in [0, 0.05) is 11.7 Å². The van der Waals surface area contributed by atoms with Crippen LogP contribution in [0.2, 0.25) is 0 Å². The first-order valence-electron chi connectivity index (χ1n) is 8.06. The second-order valence-electron chi connectivity index (χ2n) is 7.09. The fourth-order valence-corrected chi connectivity index (χ4v) is 2.60. The Morgan fingerprint density at radius 3 is 2.32 bits per heavy atom. The smallest absolute Gasteiger partial charge is 0.198 e. The molecule has 0 aliphatic carbocycles. The van der Waals surface area contributed by atoms with Gasteiger partial charge in [-0.15, -0.1) is 0 Å². The van der Waals surface area contributed by atoms with Gasteiger partial charge in [0.2, 0.25) is 0 Å². The topological polar surface area (TPSA) is 78.8 Å². The summed E-state index contributed by atoms with van der Waals surface area (Å²) >= 11 is 0. The molecular formula is C20H21NO4. The lowest BCUT2D eigenvalue weighted by Crippen LogP contribution is -2.34. The number of Topliss-reactive ketones (excluding diaryl/α,β-unsaturated/α-hetero) is 1. The molecule has 1 heterocycles. The fourth-order valence-electron chi connectivity index (χ4n) is 2.60. The maximum Gasteiger partial charge on any atom is 0.198 e. The molecule has 5 heteroatoms. The Kier molecular flexibility index (Phi) is 4.17. The van der Waals surface area contributed by atoms with Gasteiger partial charge in [-0.05, 0) is 56.7 Å². The van der Waals surface area contributed by atoms with E-state index in [4.69, 9.17) is 4.74 Å². The third-order valence-electron chi connectivity index (χ3n) is 3.85. The molecule has 3 N–H and O–H groups in total. The lowest BCUT2D eigenvalue weighted by molar-refractivity contribution is 0.0958. The highest BCUT2D eigenvalue weighted by Gasteiger charge is 2.33. The number of hydrogen-bond donors (Lipinski definition) is 3. The number of ether oxygens (including phenoxy) is 1.